The number of carbonyl (C=O) groups excluding carboxylic acids is 3. The Morgan fingerprint density at radius 2 is 0.706 bits per heavy atom. The third-order valence-corrected chi connectivity index (χ3v) is 21.5. The van der Waals surface area contributed by atoms with Gasteiger partial charge in [0.1, 0.15) is 177 Å². The molecule has 0 aliphatic carbocycles. The molecule has 696 valence electrons. The standard InChI is InChI=1S/C18H32N2O11.C18H32O16.C18H30O12.C14H26O10/c1-7(23)19-11-14(26)16(10(6-22)29-17(11)28-4)31-18-12(20-8(2)24)13(25)15(27-3)9(5-21)30-18;19-1-4-7(22)8(23)12(27)17(31-4)34-15-6(3-21)32-18(13(28)10(15)25)33-14-5(2-20)30-16(29)11(26)9(14)24;1-3-8-12(20)15(23)11(30-18(8)28-7-19)6-27-4-9-13(21)14(22)10(5-26-2)29-16(9)17(24)25;1-5-6(3-15)22-14(10(19)8(5)17)24-12-7(4-16)23-13(21-2)11(20)9(12)18/h9-18,21-22,25-26H,5-6H2,1-4H3,(H,19,23)(H,20,24);4-29H,1-3H2;7-16,18,20-23H,3-6H2,1-2H3,(H,24,25);5-20H,3-4H2,1-2H3/t9?,10?,11?,12-,13?,14+,15+,16+,17-,18-;4?,5?,6?,7-,8-,9+,10+,11?,12?,13?,14-,15-,16+,17-,18-;8-,9-,10-,11-,12+,13?,14?,15?,16-,18?;5-,6?,7+,8?,9?,10+,11?,12-,13-,14+/m1101/s1. The van der Waals surface area contributed by atoms with Crippen molar-refractivity contribution in [2.24, 2.45) is 17.8 Å². The van der Waals surface area contributed by atoms with Crippen molar-refractivity contribution in [2.75, 3.05) is 94.5 Å². The molecule has 51 heteroatoms. The van der Waals surface area contributed by atoms with Gasteiger partial charge in [-0.3, -0.25) is 14.4 Å². The van der Waals surface area contributed by atoms with Gasteiger partial charge in [0, 0.05) is 60.0 Å². The van der Waals surface area contributed by atoms with Crippen LogP contribution in [0.15, 0.2) is 0 Å². The lowest BCUT2D eigenvalue weighted by atomic mass is 9.87. The smallest absolute Gasteiger partial charge is 0.333 e. The van der Waals surface area contributed by atoms with E-state index < -0.39 is 340 Å². The summed E-state index contributed by atoms with van der Waals surface area (Å²) >= 11 is 0. The summed E-state index contributed by atoms with van der Waals surface area (Å²) in [5.74, 6) is -4.56. The van der Waals surface area contributed by atoms with E-state index in [9.17, 15) is 152 Å². The Hall–Kier alpha value is -3.84. The number of nitrogens with one attached hydrogen (secondary N) is 2. The minimum Gasteiger partial charge on any atom is -0.479 e. The molecule has 51 nitrogen and oxygen atoms in total. The number of hydrogen-bond donors (Lipinski definition) is 28. The third kappa shape index (κ3) is 25.3. The van der Waals surface area contributed by atoms with E-state index in [0.29, 0.717) is 6.42 Å². The summed E-state index contributed by atoms with van der Waals surface area (Å²) in [6.45, 7) is 0.916. The third-order valence-electron chi connectivity index (χ3n) is 21.5. The molecule has 9 aliphatic heterocycles. The lowest BCUT2D eigenvalue weighted by Gasteiger charge is -2.48. The van der Waals surface area contributed by atoms with Gasteiger partial charge in [0.25, 0.3) is 6.47 Å². The summed E-state index contributed by atoms with van der Waals surface area (Å²) in [4.78, 5) is 45.5. The van der Waals surface area contributed by atoms with Gasteiger partial charge in [0.05, 0.1) is 90.5 Å². The summed E-state index contributed by atoms with van der Waals surface area (Å²) in [5, 5.41) is 265. The number of aliphatic hydroxyl groups is 25. The molecule has 45 atom stereocenters. The van der Waals surface area contributed by atoms with Crippen LogP contribution in [0.3, 0.4) is 0 Å². The molecule has 9 fully saturated rings. The van der Waals surface area contributed by atoms with Gasteiger partial charge in [-0.1, -0.05) is 13.8 Å². The fourth-order valence-electron chi connectivity index (χ4n) is 14.7. The van der Waals surface area contributed by atoms with Crippen molar-refractivity contribution >= 4 is 24.3 Å². The molecular weight excluding hydrogens is 1630 g/mol. The number of aliphatic hydroxyl groups excluding tert-OH is 25. The average Bonchev–Trinajstić information content (AvgIpc) is 0.780. The number of aliphatic carboxylic acids is 1. The molecule has 9 saturated heterocycles. The zero-order valence-electron chi connectivity index (χ0n) is 65.9. The van der Waals surface area contributed by atoms with Gasteiger partial charge >= 0.3 is 5.97 Å². The number of hydrogen-bond acceptors (Lipinski definition) is 48. The Kier molecular flexibility index (Phi) is 42.6. The van der Waals surface area contributed by atoms with Crippen molar-refractivity contribution in [3.63, 3.8) is 0 Å². The molecule has 119 heavy (non-hydrogen) atoms. The molecule has 9 heterocycles. The Labute approximate surface area is 679 Å². The Bertz CT molecular complexity index is 2950. The van der Waals surface area contributed by atoms with Gasteiger partial charge in [-0.05, 0) is 6.42 Å². The van der Waals surface area contributed by atoms with E-state index in [1.807, 2.05) is 0 Å². The second-order valence-corrected chi connectivity index (χ2v) is 29.3. The maximum Gasteiger partial charge on any atom is 0.333 e. The SMILES string of the molecule is CC[C@@H]1C(OC=O)O[C@@H](COC[C@H]2C(O)C(O)[C@H](COC)O[C@@H]2C(=O)O)C(O)[C@@H]1O.CO[C@@H]1OC(CO)[C@H](O[C@H]2OC(CO)[C@H](OC)C(O)[C@H]2NC(C)=O)[C@@H](O)C1NC(C)=O.CO[C@@H]1O[C@@H](CO)[C@@H](O[C@@H]2OC(CO)[C@@H](C)C(O)[C@@H]2O)C(O)C1O.OCC1O[C@H](O[C@@H]2C(CO)O[C@H](O[C@@H]3C(CO)O[C@H](O)C(O)[C@@H]3O)C(O)[C@@H]2O)C(O)[C@H](O)[C@@H]1O. The highest BCUT2D eigenvalue weighted by atomic mass is 16.8. The first-order valence-corrected chi connectivity index (χ1v) is 37.9. The van der Waals surface area contributed by atoms with Crippen molar-refractivity contribution in [1.82, 2.24) is 10.6 Å². The predicted molar refractivity (Wildman–Crippen MR) is 375 cm³/mol. The summed E-state index contributed by atoms with van der Waals surface area (Å²) in [5.41, 5.74) is 0. The van der Waals surface area contributed by atoms with Gasteiger partial charge in [0.15, 0.2) is 50.1 Å². The Morgan fingerprint density at radius 3 is 1.16 bits per heavy atom. The number of ether oxygens (including phenoxy) is 19. The summed E-state index contributed by atoms with van der Waals surface area (Å²) in [6.07, 6.45) is -55.4. The molecule has 0 aromatic rings. The van der Waals surface area contributed by atoms with Crippen LogP contribution in [0.25, 0.3) is 0 Å². The molecule has 9 aliphatic rings. The maximum atomic E-state index is 11.7. The number of methoxy groups -OCH3 is 4. The fraction of sp³-hybridized carbons (Fsp3) is 0.941. The van der Waals surface area contributed by atoms with E-state index in [4.69, 9.17) is 90.0 Å². The van der Waals surface area contributed by atoms with E-state index in [2.05, 4.69) is 10.6 Å². The molecule has 0 bridgehead atoms. The quantitative estimate of drug-likeness (QED) is 0.0297. The zero-order chi connectivity index (χ0) is 89.0. The fourth-order valence-corrected chi connectivity index (χ4v) is 14.7. The predicted octanol–water partition coefficient (Wildman–Crippen LogP) is -17.4. The van der Waals surface area contributed by atoms with E-state index in [1.54, 1.807) is 13.8 Å². The number of carboxylic acids is 1. The van der Waals surface area contributed by atoms with Crippen LogP contribution in [0.2, 0.25) is 0 Å². The van der Waals surface area contributed by atoms with Crippen LogP contribution in [-0.4, -0.2) is 509 Å². The van der Waals surface area contributed by atoms with Gasteiger partial charge in [0.2, 0.25) is 18.1 Å². The van der Waals surface area contributed by atoms with E-state index in [1.165, 1.54) is 42.3 Å². The molecule has 0 aromatic carbocycles. The molecule has 28 N–H and O–H groups in total. The van der Waals surface area contributed by atoms with Crippen LogP contribution in [-0.2, 0) is 109 Å². The summed E-state index contributed by atoms with van der Waals surface area (Å²) in [7, 11) is 5.25. The van der Waals surface area contributed by atoms with Gasteiger partial charge in [-0.15, -0.1) is 0 Å². The Balaban J connectivity index is 0.000000248. The van der Waals surface area contributed by atoms with Gasteiger partial charge < -0.3 is 233 Å². The van der Waals surface area contributed by atoms with Crippen LogP contribution in [0.4, 0.5) is 0 Å². The van der Waals surface area contributed by atoms with Crippen molar-refractivity contribution in [3.05, 3.63) is 0 Å². The number of rotatable bonds is 30. The van der Waals surface area contributed by atoms with Crippen molar-refractivity contribution < 1.29 is 242 Å². The van der Waals surface area contributed by atoms with Crippen molar-refractivity contribution in [1.29, 1.82) is 0 Å². The first kappa shape index (κ1) is 104. The number of carbonyl (C=O) groups is 4. The van der Waals surface area contributed by atoms with Crippen LogP contribution in [0.5, 0.6) is 0 Å². The van der Waals surface area contributed by atoms with E-state index >= 15 is 0 Å². The molecule has 18 unspecified atom stereocenters. The van der Waals surface area contributed by atoms with Crippen LogP contribution in [0.1, 0.15) is 34.1 Å². The molecule has 2 amide bonds. The minimum absolute atomic E-state index is 0.105. The average molecular weight is 1750 g/mol. The topological polar surface area (TPSA) is 794 Å². The molecule has 0 saturated carbocycles. The van der Waals surface area contributed by atoms with Crippen LogP contribution >= 0.6 is 0 Å². The molecule has 0 aromatic heterocycles. The lowest BCUT2D eigenvalue weighted by molar-refractivity contribution is -0.377. The highest BCUT2D eigenvalue weighted by Crippen LogP contribution is 2.38. The lowest BCUT2D eigenvalue weighted by Crippen LogP contribution is -2.69. The van der Waals surface area contributed by atoms with Crippen LogP contribution < -0.4 is 10.6 Å². The second-order valence-electron chi connectivity index (χ2n) is 29.3. The van der Waals surface area contributed by atoms with E-state index in [-0.39, 0.29) is 26.3 Å². The van der Waals surface area contributed by atoms with Crippen molar-refractivity contribution in [3.8, 4) is 0 Å². The van der Waals surface area contributed by atoms with Gasteiger partial charge in [-0.25, -0.2) is 4.79 Å². The molecule has 0 radical (unpaired) electrons. The largest absolute Gasteiger partial charge is 0.479 e. The molecule has 9 rings (SSSR count). The highest BCUT2D eigenvalue weighted by molar-refractivity contribution is 5.74. The van der Waals surface area contributed by atoms with E-state index in [0.717, 1.165) is 0 Å². The van der Waals surface area contributed by atoms with Crippen LogP contribution in [0, 0.1) is 17.8 Å². The van der Waals surface area contributed by atoms with Crippen molar-refractivity contribution in [2.45, 2.75) is 292 Å². The molecular formula is C68H120N2O49. The number of carboxylic acid groups (broad SMARTS) is 1. The monoisotopic (exact) mass is 1750 g/mol. The zero-order valence-corrected chi connectivity index (χ0v) is 65.9. The highest BCUT2D eigenvalue weighted by Gasteiger charge is 2.58. The summed E-state index contributed by atoms with van der Waals surface area (Å²) < 4.78 is 101. The number of amides is 2. The maximum absolute atomic E-state index is 11.7. The Morgan fingerprint density at radius 1 is 0.345 bits per heavy atom. The summed E-state index contributed by atoms with van der Waals surface area (Å²) in [6, 6.07) is -2.17. The minimum atomic E-state index is -1.91. The normalized spacial score (nSPS) is 46.3. The first-order chi connectivity index (χ1) is 56.3. The van der Waals surface area contributed by atoms with Gasteiger partial charge in [-0.2, -0.15) is 0 Å². The second kappa shape index (κ2) is 48.8. The first-order valence-electron chi connectivity index (χ1n) is 37.9. The molecule has 0 spiro atoms.